The second kappa shape index (κ2) is 6.15. The number of carbonyl (C=O) groups is 1. The van der Waals surface area contributed by atoms with E-state index in [2.05, 4.69) is 20.5 Å². The standard InChI is InChI=1S/C11H14N4OS/c16-11(12-6-10-7-17-8-13-10)3-1-2-9-4-14-15-5-9/h4-5,7-8H,1-3,6H2,(H,12,16)(H,14,15). The molecule has 0 aliphatic rings. The zero-order chi connectivity index (χ0) is 11.9. The number of H-pyrrole nitrogens is 1. The molecule has 1 amide bonds. The third kappa shape index (κ3) is 3.99. The smallest absolute Gasteiger partial charge is 0.220 e. The third-order valence-corrected chi connectivity index (χ3v) is 3.01. The van der Waals surface area contributed by atoms with E-state index in [1.54, 1.807) is 11.7 Å². The summed E-state index contributed by atoms with van der Waals surface area (Å²) >= 11 is 1.53. The van der Waals surface area contributed by atoms with E-state index in [9.17, 15) is 4.79 Å². The number of hydrogen-bond donors (Lipinski definition) is 2. The van der Waals surface area contributed by atoms with E-state index in [4.69, 9.17) is 0 Å². The van der Waals surface area contributed by atoms with Gasteiger partial charge in [-0.15, -0.1) is 11.3 Å². The fourth-order valence-electron chi connectivity index (χ4n) is 1.47. The number of nitrogens with one attached hydrogen (secondary N) is 2. The molecule has 0 aliphatic carbocycles. The SMILES string of the molecule is O=C(CCCc1cn[nH]c1)NCc1cscn1. The number of rotatable bonds is 6. The van der Waals surface area contributed by atoms with Crippen LogP contribution in [0.1, 0.15) is 24.1 Å². The highest BCUT2D eigenvalue weighted by Crippen LogP contribution is 2.03. The molecule has 2 N–H and O–H groups in total. The predicted molar refractivity (Wildman–Crippen MR) is 65.5 cm³/mol. The summed E-state index contributed by atoms with van der Waals surface area (Å²) in [5, 5.41) is 11.4. The molecule has 6 heteroatoms. The number of aryl methyl sites for hydroxylation is 1. The van der Waals surface area contributed by atoms with Crippen LogP contribution in [0.4, 0.5) is 0 Å². The molecular weight excluding hydrogens is 236 g/mol. The van der Waals surface area contributed by atoms with Gasteiger partial charge in [0.15, 0.2) is 0 Å². The summed E-state index contributed by atoms with van der Waals surface area (Å²) < 4.78 is 0. The first-order valence-corrected chi connectivity index (χ1v) is 6.40. The van der Waals surface area contributed by atoms with Gasteiger partial charge >= 0.3 is 0 Å². The average molecular weight is 250 g/mol. The Morgan fingerprint density at radius 2 is 2.47 bits per heavy atom. The van der Waals surface area contributed by atoms with Crippen LogP contribution in [0.5, 0.6) is 0 Å². The molecule has 17 heavy (non-hydrogen) atoms. The Kier molecular flexibility index (Phi) is 4.26. The number of aromatic amines is 1. The summed E-state index contributed by atoms with van der Waals surface area (Å²) in [6, 6.07) is 0. The van der Waals surface area contributed by atoms with Gasteiger partial charge in [-0.3, -0.25) is 9.89 Å². The van der Waals surface area contributed by atoms with Crippen molar-refractivity contribution < 1.29 is 4.79 Å². The average Bonchev–Trinajstić information content (AvgIpc) is 2.99. The van der Waals surface area contributed by atoms with Gasteiger partial charge in [-0.2, -0.15) is 5.10 Å². The van der Waals surface area contributed by atoms with Gasteiger partial charge in [-0.1, -0.05) is 0 Å². The highest BCUT2D eigenvalue weighted by molar-refractivity contribution is 7.07. The molecule has 2 heterocycles. The molecule has 0 saturated carbocycles. The van der Waals surface area contributed by atoms with E-state index < -0.39 is 0 Å². The molecule has 0 bridgehead atoms. The van der Waals surface area contributed by atoms with Crippen molar-refractivity contribution in [2.75, 3.05) is 0 Å². The van der Waals surface area contributed by atoms with Crippen molar-refractivity contribution >= 4 is 17.2 Å². The van der Waals surface area contributed by atoms with Crippen LogP contribution < -0.4 is 5.32 Å². The molecule has 0 fully saturated rings. The Bertz CT molecular complexity index is 438. The first kappa shape index (κ1) is 11.8. The normalized spacial score (nSPS) is 10.4. The summed E-state index contributed by atoms with van der Waals surface area (Å²) in [5.74, 6) is 0.0708. The summed E-state index contributed by atoms with van der Waals surface area (Å²) in [5.41, 5.74) is 3.82. The van der Waals surface area contributed by atoms with Gasteiger partial charge in [0.2, 0.25) is 5.91 Å². The molecule has 0 atom stereocenters. The van der Waals surface area contributed by atoms with Crippen LogP contribution in [0.3, 0.4) is 0 Å². The lowest BCUT2D eigenvalue weighted by molar-refractivity contribution is -0.121. The molecule has 2 rings (SSSR count). The van der Waals surface area contributed by atoms with Crippen molar-refractivity contribution in [3.05, 3.63) is 34.5 Å². The van der Waals surface area contributed by atoms with E-state index >= 15 is 0 Å². The van der Waals surface area contributed by atoms with Gasteiger partial charge in [0.05, 0.1) is 23.9 Å². The number of nitrogens with zero attached hydrogens (tertiary/aromatic N) is 2. The molecule has 90 valence electrons. The minimum absolute atomic E-state index is 0.0708. The molecule has 0 radical (unpaired) electrons. The zero-order valence-corrected chi connectivity index (χ0v) is 10.2. The molecular formula is C11H14N4OS. The van der Waals surface area contributed by atoms with Crippen molar-refractivity contribution in [3.63, 3.8) is 0 Å². The van der Waals surface area contributed by atoms with E-state index in [1.165, 1.54) is 11.3 Å². The molecule has 0 aliphatic heterocycles. The summed E-state index contributed by atoms with van der Waals surface area (Å²) in [6.45, 7) is 0.522. The number of amides is 1. The highest BCUT2D eigenvalue weighted by Gasteiger charge is 2.03. The fourth-order valence-corrected chi connectivity index (χ4v) is 2.03. The second-order valence-corrected chi connectivity index (χ2v) is 4.44. The van der Waals surface area contributed by atoms with Crippen LogP contribution in [0.25, 0.3) is 0 Å². The summed E-state index contributed by atoms with van der Waals surface area (Å²) in [4.78, 5) is 15.6. The van der Waals surface area contributed by atoms with Crippen molar-refractivity contribution in [3.8, 4) is 0 Å². The molecule has 0 unspecified atom stereocenters. The van der Waals surface area contributed by atoms with Gasteiger partial charge in [0.1, 0.15) is 0 Å². The summed E-state index contributed by atoms with van der Waals surface area (Å²) in [7, 11) is 0. The summed E-state index contributed by atoms with van der Waals surface area (Å²) in [6.07, 6.45) is 5.89. The quantitative estimate of drug-likeness (QED) is 0.816. The van der Waals surface area contributed by atoms with Crippen molar-refractivity contribution in [1.82, 2.24) is 20.5 Å². The molecule has 0 spiro atoms. The number of thiazole rings is 1. The molecule has 5 nitrogen and oxygen atoms in total. The topological polar surface area (TPSA) is 70.7 Å². The van der Waals surface area contributed by atoms with Gasteiger partial charge in [-0.25, -0.2) is 4.98 Å². The number of hydrogen-bond acceptors (Lipinski definition) is 4. The first-order valence-electron chi connectivity index (χ1n) is 5.46. The van der Waals surface area contributed by atoms with Crippen LogP contribution >= 0.6 is 11.3 Å². The van der Waals surface area contributed by atoms with Crippen molar-refractivity contribution in [2.24, 2.45) is 0 Å². The maximum atomic E-state index is 11.5. The van der Waals surface area contributed by atoms with Crippen LogP contribution in [0.2, 0.25) is 0 Å². The lowest BCUT2D eigenvalue weighted by Gasteiger charge is -2.02. The minimum atomic E-state index is 0.0708. The van der Waals surface area contributed by atoms with Crippen LogP contribution in [0, 0.1) is 0 Å². The maximum Gasteiger partial charge on any atom is 0.220 e. The Hall–Kier alpha value is -1.69. The van der Waals surface area contributed by atoms with Gasteiger partial charge < -0.3 is 5.32 Å². The Morgan fingerprint density at radius 3 is 3.18 bits per heavy atom. The monoisotopic (exact) mass is 250 g/mol. The predicted octanol–water partition coefficient (Wildman–Crippen LogP) is 1.51. The number of aromatic nitrogens is 3. The Balaban J connectivity index is 1.61. The fraction of sp³-hybridized carbons (Fsp3) is 0.364. The lowest BCUT2D eigenvalue weighted by atomic mass is 10.1. The van der Waals surface area contributed by atoms with Crippen LogP contribution in [-0.4, -0.2) is 21.1 Å². The van der Waals surface area contributed by atoms with Crippen molar-refractivity contribution in [1.29, 1.82) is 0 Å². The van der Waals surface area contributed by atoms with Gasteiger partial charge in [0.25, 0.3) is 0 Å². The van der Waals surface area contributed by atoms with Crippen molar-refractivity contribution in [2.45, 2.75) is 25.8 Å². The highest BCUT2D eigenvalue weighted by atomic mass is 32.1. The maximum absolute atomic E-state index is 11.5. The second-order valence-electron chi connectivity index (χ2n) is 3.72. The Morgan fingerprint density at radius 1 is 1.53 bits per heavy atom. The van der Waals surface area contributed by atoms with Crippen LogP contribution in [-0.2, 0) is 17.8 Å². The Labute approximate surface area is 103 Å². The van der Waals surface area contributed by atoms with E-state index in [1.807, 2.05) is 11.6 Å². The third-order valence-electron chi connectivity index (χ3n) is 2.37. The minimum Gasteiger partial charge on any atom is -0.350 e. The van der Waals surface area contributed by atoms with E-state index in [0.717, 1.165) is 24.1 Å². The largest absolute Gasteiger partial charge is 0.350 e. The van der Waals surface area contributed by atoms with E-state index in [0.29, 0.717) is 13.0 Å². The first-order chi connectivity index (χ1) is 8.34. The molecule has 2 aromatic heterocycles. The zero-order valence-electron chi connectivity index (χ0n) is 9.35. The van der Waals surface area contributed by atoms with Gasteiger partial charge in [0, 0.05) is 18.0 Å². The van der Waals surface area contributed by atoms with Gasteiger partial charge in [-0.05, 0) is 18.4 Å². The lowest BCUT2D eigenvalue weighted by Crippen LogP contribution is -2.22. The molecule has 0 aromatic carbocycles. The number of carbonyl (C=O) groups excluding carboxylic acids is 1. The molecule has 2 aromatic rings. The van der Waals surface area contributed by atoms with Crippen LogP contribution in [0.15, 0.2) is 23.3 Å². The van der Waals surface area contributed by atoms with E-state index in [-0.39, 0.29) is 5.91 Å². The molecule has 0 saturated heterocycles.